The summed E-state index contributed by atoms with van der Waals surface area (Å²) >= 11 is 0. The van der Waals surface area contributed by atoms with Gasteiger partial charge < -0.3 is 10.2 Å². The molecule has 1 aliphatic heterocycles. The second-order valence-electron chi connectivity index (χ2n) is 6.25. The first-order valence-corrected chi connectivity index (χ1v) is 8.63. The molecule has 0 atom stereocenters. The number of aromatic nitrogens is 3. The first-order chi connectivity index (χ1) is 12.3. The number of benzene rings is 1. The summed E-state index contributed by atoms with van der Waals surface area (Å²) < 4.78 is 0. The molecular weight excluding hydrogens is 310 g/mol. The average Bonchev–Trinajstić information content (AvgIpc) is 2.69. The van der Waals surface area contributed by atoms with E-state index in [0.29, 0.717) is 0 Å². The highest BCUT2D eigenvalue weighted by Crippen LogP contribution is 2.25. The van der Waals surface area contributed by atoms with Gasteiger partial charge in [-0.1, -0.05) is 35.9 Å². The zero-order chi connectivity index (χ0) is 17.1. The molecular formula is C20H21N5. The highest BCUT2D eigenvalue weighted by molar-refractivity contribution is 5.66. The quantitative estimate of drug-likeness (QED) is 0.800. The summed E-state index contributed by atoms with van der Waals surface area (Å²) in [6.07, 6.45) is 1.80. The van der Waals surface area contributed by atoms with Crippen molar-refractivity contribution in [2.75, 3.05) is 31.1 Å². The minimum atomic E-state index is 0.747. The molecule has 5 nitrogen and oxygen atoms in total. The fraction of sp³-hybridized carbons (Fsp3) is 0.250. The molecule has 1 aliphatic rings. The Balaban J connectivity index is 1.81. The second kappa shape index (κ2) is 6.99. The third-order valence-electron chi connectivity index (χ3n) is 4.39. The molecule has 0 unspecified atom stereocenters. The number of anilines is 1. The Kier molecular flexibility index (Phi) is 4.39. The number of pyridine rings is 1. The van der Waals surface area contributed by atoms with Gasteiger partial charge in [0.2, 0.25) is 0 Å². The van der Waals surface area contributed by atoms with Crippen molar-refractivity contribution in [3.63, 3.8) is 0 Å². The van der Waals surface area contributed by atoms with Crippen LogP contribution in [0, 0.1) is 6.92 Å². The number of hydrogen-bond donors (Lipinski definition) is 1. The number of nitrogens with one attached hydrogen (secondary N) is 1. The average molecular weight is 331 g/mol. The van der Waals surface area contributed by atoms with Crippen LogP contribution in [0.2, 0.25) is 0 Å². The fourth-order valence-corrected chi connectivity index (χ4v) is 2.97. The highest BCUT2D eigenvalue weighted by Gasteiger charge is 2.16. The van der Waals surface area contributed by atoms with Gasteiger partial charge in [0.25, 0.3) is 0 Å². The van der Waals surface area contributed by atoms with Crippen LogP contribution in [0.15, 0.2) is 54.7 Å². The molecule has 0 radical (unpaired) electrons. The summed E-state index contributed by atoms with van der Waals surface area (Å²) in [6, 6.07) is 16.3. The monoisotopic (exact) mass is 331 g/mol. The number of nitrogens with zero attached hydrogens (tertiary/aromatic N) is 4. The SMILES string of the molecule is Cc1ccc(-c2nc(-c3ccccn3)cc(N3CCNCC3)n2)cc1. The minimum absolute atomic E-state index is 0.747. The van der Waals surface area contributed by atoms with Crippen molar-refractivity contribution >= 4 is 5.82 Å². The lowest BCUT2D eigenvalue weighted by atomic mass is 10.1. The lowest BCUT2D eigenvalue weighted by molar-refractivity contribution is 0.585. The summed E-state index contributed by atoms with van der Waals surface area (Å²) in [7, 11) is 0. The predicted molar refractivity (Wildman–Crippen MR) is 101 cm³/mol. The summed E-state index contributed by atoms with van der Waals surface area (Å²) in [5.41, 5.74) is 3.99. The van der Waals surface area contributed by atoms with Gasteiger partial charge in [0.05, 0.1) is 11.4 Å². The maximum atomic E-state index is 4.84. The van der Waals surface area contributed by atoms with Crippen LogP contribution in [0.5, 0.6) is 0 Å². The van der Waals surface area contributed by atoms with Crippen molar-refractivity contribution in [2.24, 2.45) is 0 Å². The van der Waals surface area contributed by atoms with Gasteiger partial charge in [-0.05, 0) is 19.1 Å². The fourth-order valence-electron chi connectivity index (χ4n) is 2.97. The van der Waals surface area contributed by atoms with Crippen molar-refractivity contribution < 1.29 is 0 Å². The van der Waals surface area contributed by atoms with Gasteiger partial charge in [0.1, 0.15) is 5.82 Å². The second-order valence-corrected chi connectivity index (χ2v) is 6.25. The molecule has 1 saturated heterocycles. The molecule has 0 bridgehead atoms. The van der Waals surface area contributed by atoms with E-state index in [0.717, 1.165) is 54.8 Å². The van der Waals surface area contributed by atoms with Crippen molar-refractivity contribution in [1.82, 2.24) is 20.3 Å². The van der Waals surface area contributed by atoms with Crippen LogP contribution in [0.25, 0.3) is 22.8 Å². The van der Waals surface area contributed by atoms with E-state index in [9.17, 15) is 0 Å². The van der Waals surface area contributed by atoms with Gasteiger partial charge >= 0.3 is 0 Å². The van der Waals surface area contributed by atoms with Crippen molar-refractivity contribution in [1.29, 1.82) is 0 Å². The molecule has 2 aromatic heterocycles. The van der Waals surface area contributed by atoms with Gasteiger partial charge in [-0.15, -0.1) is 0 Å². The molecule has 126 valence electrons. The lowest BCUT2D eigenvalue weighted by Gasteiger charge is -2.28. The predicted octanol–water partition coefficient (Wildman–Crippen LogP) is 2.92. The van der Waals surface area contributed by atoms with Gasteiger partial charge in [-0.25, -0.2) is 9.97 Å². The van der Waals surface area contributed by atoms with E-state index in [1.165, 1.54) is 5.56 Å². The van der Waals surface area contributed by atoms with E-state index in [-0.39, 0.29) is 0 Å². The molecule has 3 aromatic rings. The molecule has 0 saturated carbocycles. The Labute approximate surface area is 147 Å². The summed E-state index contributed by atoms with van der Waals surface area (Å²) in [4.78, 5) is 16.4. The lowest BCUT2D eigenvalue weighted by Crippen LogP contribution is -2.44. The van der Waals surface area contributed by atoms with Crippen LogP contribution in [0.1, 0.15) is 5.56 Å². The van der Waals surface area contributed by atoms with E-state index in [1.54, 1.807) is 6.20 Å². The third kappa shape index (κ3) is 3.51. The molecule has 0 spiro atoms. The molecule has 0 aliphatic carbocycles. The maximum Gasteiger partial charge on any atom is 0.162 e. The summed E-state index contributed by atoms with van der Waals surface area (Å²) in [6.45, 7) is 5.94. The van der Waals surface area contributed by atoms with Gasteiger partial charge in [-0.3, -0.25) is 4.98 Å². The molecule has 3 heterocycles. The highest BCUT2D eigenvalue weighted by atomic mass is 15.2. The Morgan fingerprint density at radius 3 is 2.44 bits per heavy atom. The minimum Gasteiger partial charge on any atom is -0.354 e. The van der Waals surface area contributed by atoms with Crippen LogP contribution in [0.3, 0.4) is 0 Å². The Bertz CT molecular complexity index is 840. The smallest absolute Gasteiger partial charge is 0.162 e. The van der Waals surface area contributed by atoms with E-state index < -0.39 is 0 Å². The molecule has 1 aromatic carbocycles. The first kappa shape index (κ1) is 15.7. The van der Waals surface area contributed by atoms with Crippen LogP contribution in [0.4, 0.5) is 5.82 Å². The van der Waals surface area contributed by atoms with Crippen LogP contribution in [-0.2, 0) is 0 Å². The van der Waals surface area contributed by atoms with E-state index in [2.05, 4.69) is 46.4 Å². The standard InChI is InChI=1S/C20H21N5/c1-15-5-7-16(8-6-15)20-23-18(17-4-2-3-9-22-17)14-19(24-20)25-12-10-21-11-13-25/h2-9,14,21H,10-13H2,1H3. The molecule has 4 rings (SSSR count). The zero-order valence-electron chi connectivity index (χ0n) is 14.3. The number of aryl methyl sites for hydroxylation is 1. The topological polar surface area (TPSA) is 53.9 Å². The van der Waals surface area contributed by atoms with Crippen LogP contribution >= 0.6 is 0 Å². The van der Waals surface area contributed by atoms with E-state index >= 15 is 0 Å². The molecule has 1 fully saturated rings. The first-order valence-electron chi connectivity index (χ1n) is 8.63. The maximum absolute atomic E-state index is 4.84. The van der Waals surface area contributed by atoms with Gasteiger partial charge in [-0.2, -0.15) is 0 Å². The summed E-state index contributed by atoms with van der Waals surface area (Å²) in [5, 5.41) is 3.39. The number of piperazine rings is 1. The van der Waals surface area contributed by atoms with Crippen LogP contribution < -0.4 is 10.2 Å². The van der Waals surface area contributed by atoms with Gasteiger partial charge in [0.15, 0.2) is 5.82 Å². The Morgan fingerprint density at radius 1 is 0.920 bits per heavy atom. The van der Waals surface area contributed by atoms with Crippen molar-refractivity contribution in [3.8, 4) is 22.8 Å². The van der Waals surface area contributed by atoms with Crippen LogP contribution in [-0.4, -0.2) is 41.1 Å². The molecule has 25 heavy (non-hydrogen) atoms. The number of rotatable bonds is 3. The van der Waals surface area contributed by atoms with Crippen molar-refractivity contribution in [2.45, 2.75) is 6.92 Å². The molecule has 0 amide bonds. The molecule has 5 heteroatoms. The zero-order valence-corrected chi connectivity index (χ0v) is 14.3. The Hall–Kier alpha value is -2.79. The van der Waals surface area contributed by atoms with Crippen molar-refractivity contribution in [3.05, 3.63) is 60.3 Å². The largest absolute Gasteiger partial charge is 0.354 e. The van der Waals surface area contributed by atoms with E-state index in [4.69, 9.17) is 9.97 Å². The number of hydrogen-bond acceptors (Lipinski definition) is 5. The summed E-state index contributed by atoms with van der Waals surface area (Å²) in [5.74, 6) is 1.71. The molecule has 1 N–H and O–H groups in total. The Morgan fingerprint density at radius 2 is 1.72 bits per heavy atom. The van der Waals surface area contributed by atoms with Gasteiger partial charge in [0, 0.05) is 44.0 Å². The normalized spacial score (nSPS) is 14.5. The van der Waals surface area contributed by atoms with E-state index in [1.807, 2.05) is 24.3 Å². The third-order valence-corrected chi connectivity index (χ3v) is 4.39.